The molecule has 0 fully saturated rings. The van der Waals surface area contributed by atoms with E-state index in [-0.39, 0.29) is 29.7 Å². The zero-order chi connectivity index (χ0) is 20.7. The molecule has 0 saturated heterocycles. The van der Waals surface area contributed by atoms with E-state index < -0.39 is 0 Å². The zero-order valence-corrected chi connectivity index (χ0v) is 17.5. The van der Waals surface area contributed by atoms with Crippen LogP contribution in [0.1, 0.15) is 35.7 Å². The standard InChI is InChI=1S/C20H26N4O3S/c1-5-6-15-9-16(25)24-20(22-15)28-11-18(27)21-10-17(26)23-19-13(3)7-12(2)8-14(19)4/h7-9H,5-6,10-11H2,1-4H3,(H,21,27)(H,23,26)(H,22,24,25). The van der Waals surface area contributed by atoms with Crippen LogP contribution in [0.2, 0.25) is 0 Å². The average Bonchev–Trinajstić information content (AvgIpc) is 2.61. The highest BCUT2D eigenvalue weighted by atomic mass is 32.2. The van der Waals surface area contributed by atoms with Crippen LogP contribution in [0.3, 0.4) is 0 Å². The van der Waals surface area contributed by atoms with Gasteiger partial charge in [-0.1, -0.05) is 42.8 Å². The molecule has 7 nitrogen and oxygen atoms in total. The molecule has 1 aromatic heterocycles. The summed E-state index contributed by atoms with van der Waals surface area (Å²) in [6, 6.07) is 5.46. The van der Waals surface area contributed by atoms with Crippen LogP contribution in [-0.4, -0.2) is 34.1 Å². The lowest BCUT2D eigenvalue weighted by Crippen LogP contribution is -2.34. The molecule has 0 saturated carbocycles. The van der Waals surface area contributed by atoms with Gasteiger partial charge in [0.25, 0.3) is 5.56 Å². The third-order valence-corrected chi connectivity index (χ3v) is 4.88. The SMILES string of the molecule is CCCc1cc(=O)[nH]c(SCC(=O)NCC(=O)Nc2c(C)cc(C)cc2C)n1. The molecule has 0 bridgehead atoms. The molecule has 0 unspecified atom stereocenters. The van der Waals surface area contributed by atoms with Gasteiger partial charge >= 0.3 is 0 Å². The lowest BCUT2D eigenvalue weighted by Gasteiger charge is -2.13. The molecule has 0 radical (unpaired) electrons. The van der Waals surface area contributed by atoms with E-state index in [0.29, 0.717) is 17.3 Å². The highest BCUT2D eigenvalue weighted by Crippen LogP contribution is 2.21. The summed E-state index contributed by atoms with van der Waals surface area (Å²) in [4.78, 5) is 42.7. The third kappa shape index (κ3) is 6.53. The molecule has 2 aromatic rings. The molecule has 0 aliphatic rings. The lowest BCUT2D eigenvalue weighted by molar-refractivity contribution is -0.122. The minimum atomic E-state index is -0.305. The van der Waals surface area contributed by atoms with Crippen molar-refractivity contribution in [2.75, 3.05) is 17.6 Å². The van der Waals surface area contributed by atoms with Gasteiger partial charge in [0.05, 0.1) is 12.3 Å². The number of nitrogens with one attached hydrogen (secondary N) is 3. The Labute approximate surface area is 168 Å². The van der Waals surface area contributed by atoms with Crippen molar-refractivity contribution in [3.63, 3.8) is 0 Å². The van der Waals surface area contributed by atoms with E-state index in [1.54, 1.807) is 0 Å². The van der Waals surface area contributed by atoms with Crippen LogP contribution in [0.5, 0.6) is 0 Å². The van der Waals surface area contributed by atoms with E-state index in [9.17, 15) is 14.4 Å². The maximum Gasteiger partial charge on any atom is 0.251 e. The number of aromatic amines is 1. The summed E-state index contributed by atoms with van der Waals surface area (Å²) in [5.41, 5.74) is 4.34. The third-order valence-electron chi connectivity index (χ3n) is 4.01. The summed E-state index contributed by atoms with van der Waals surface area (Å²) in [5.74, 6) is -0.528. The van der Waals surface area contributed by atoms with Gasteiger partial charge in [-0.15, -0.1) is 0 Å². The van der Waals surface area contributed by atoms with Crippen LogP contribution in [-0.2, 0) is 16.0 Å². The van der Waals surface area contributed by atoms with Gasteiger partial charge in [-0.2, -0.15) is 0 Å². The summed E-state index contributed by atoms with van der Waals surface area (Å²) in [6.45, 7) is 7.76. The fraction of sp³-hybridized carbons (Fsp3) is 0.400. The molecule has 2 amide bonds. The molecule has 1 aromatic carbocycles. The molecule has 8 heteroatoms. The van der Waals surface area contributed by atoms with E-state index in [1.807, 2.05) is 39.8 Å². The van der Waals surface area contributed by atoms with E-state index in [2.05, 4.69) is 20.6 Å². The second-order valence-electron chi connectivity index (χ2n) is 6.68. The van der Waals surface area contributed by atoms with E-state index in [0.717, 1.165) is 40.6 Å². The molecular weight excluding hydrogens is 376 g/mol. The molecule has 0 aliphatic heterocycles. The highest BCUT2D eigenvalue weighted by Gasteiger charge is 2.11. The van der Waals surface area contributed by atoms with Crippen LogP contribution < -0.4 is 16.2 Å². The van der Waals surface area contributed by atoms with Gasteiger partial charge < -0.3 is 15.6 Å². The fourth-order valence-electron chi connectivity index (χ4n) is 2.86. The monoisotopic (exact) mass is 402 g/mol. The first-order chi connectivity index (χ1) is 13.3. The maximum atomic E-state index is 12.1. The first-order valence-electron chi connectivity index (χ1n) is 9.16. The first-order valence-corrected chi connectivity index (χ1v) is 10.1. The van der Waals surface area contributed by atoms with Crippen molar-refractivity contribution in [3.05, 3.63) is 50.9 Å². The van der Waals surface area contributed by atoms with Crippen molar-refractivity contribution in [2.45, 2.75) is 45.7 Å². The Morgan fingerprint density at radius 2 is 1.79 bits per heavy atom. The Morgan fingerprint density at radius 1 is 1.11 bits per heavy atom. The largest absolute Gasteiger partial charge is 0.346 e. The van der Waals surface area contributed by atoms with Crippen LogP contribution in [0, 0.1) is 20.8 Å². The molecule has 3 N–H and O–H groups in total. The van der Waals surface area contributed by atoms with E-state index in [4.69, 9.17) is 0 Å². The van der Waals surface area contributed by atoms with Crippen LogP contribution in [0.25, 0.3) is 0 Å². The Balaban J connectivity index is 1.84. The Hall–Kier alpha value is -2.61. The van der Waals surface area contributed by atoms with Gasteiger partial charge in [0.1, 0.15) is 0 Å². The molecule has 0 aliphatic carbocycles. The van der Waals surface area contributed by atoms with Gasteiger partial charge in [0.2, 0.25) is 11.8 Å². The smallest absolute Gasteiger partial charge is 0.251 e. The lowest BCUT2D eigenvalue weighted by atomic mass is 10.1. The summed E-state index contributed by atoms with van der Waals surface area (Å²) in [6.07, 6.45) is 1.60. The maximum absolute atomic E-state index is 12.1. The Morgan fingerprint density at radius 3 is 2.43 bits per heavy atom. The fourth-order valence-corrected chi connectivity index (χ4v) is 3.59. The predicted molar refractivity (Wildman–Crippen MR) is 112 cm³/mol. The molecule has 0 spiro atoms. The second kappa shape index (κ2) is 10.1. The molecule has 0 atom stereocenters. The van der Waals surface area contributed by atoms with Crippen molar-refractivity contribution in [1.29, 1.82) is 0 Å². The van der Waals surface area contributed by atoms with Gasteiger partial charge in [-0.05, 0) is 38.3 Å². The normalized spacial score (nSPS) is 10.6. The molecule has 28 heavy (non-hydrogen) atoms. The number of nitrogens with zero attached hydrogens (tertiary/aromatic N) is 1. The number of aromatic nitrogens is 2. The second-order valence-corrected chi connectivity index (χ2v) is 7.64. The topological polar surface area (TPSA) is 104 Å². The number of H-pyrrole nitrogens is 1. The zero-order valence-electron chi connectivity index (χ0n) is 16.6. The van der Waals surface area contributed by atoms with Crippen molar-refractivity contribution >= 4 is 29.3 Å². The van der Waals surface area contributed by atoms with Gasteiger partial charge in [0.15, 0.2) is 5.16 Å². The van der Waals surface area contributed by atoms with Crippen molar-refractivity contribution in [1.82, 2.24) is 15.3 Å². The van der Waals surface area contributed by atoms with Gasteiger partial charge in [-0.25, -0.2) is 4.98 Å². The predicted octanol–water partition coefficient (Wildman–Crippen LogP) is 2.49. The van der Waals surface area contributed by atoms with Crippen molar-refractivity contribution in [2.24, 2.45) is 0 Å². The van der Waals surface area contributed by atoms with Crippen LogP contribution in [0.15, 0.2) is 28.2 Å². The average molecular weight is 403 g/mol. The minimum absolute atomic E-state index is 0.0639. The molecule has 1 heterocycles. The number of aryl methyl sites for hydroxylation is 4. The van der Waals surface area contributed by atoms with Crippen LogP contribution >= 0.6 is 11.8 Å². The van der Waals surface area contributed by atoms with E-state index in [1.165, 1.54) is 6.07 Å². The first kappa shape index (κ1) is 21.7. The molecule has 2 rings (SSSR count). The molecule has 150 valence electrons. The number of hydrogen-bond donors (Lipinski definition) is 3. The number of thioether (sulfide) groups is 1. The molecular formula is C20H26N4O3S. The number of hydrogen-bond acceptors (Lipinski definition) is 5. The summed E-state index contributed by atoms with van der Waals surface area (Å²) in [5, 5.41) is 5.83. The number of carbonyl (C=O) groups is 2. The van der Waals surface area contributed by atoms with Crippen LogP contribution in [0.4, 0.5) is 5.69 Å². The number of anilines is 1. The number of carbonyl (C=O) groups excluding carboxylic acids is 2. The number of benzene rings is 1. The van der Waals surface area contributed by atoms with Gasteiger partial charge in [-0.3, -0.25) is 14.4 Å². The van der Waals surface area contributed by atoms with Gasteiger partial charge in [0, 0.05) is 17.4 Å². The quantitative estimate of drug-likeness (QED) is 0.465. The Bertz CT molecular complexity index is 901. The number of amides is 2. The summed E-state index contributed by atoms with van der Waals surface area (Å²) < 4.78 is 0. The van der Waals surface area contributed by atoms with E-state index >= 15 is 0 Å². The minimum Gasteiger partial charge on any atom is -0.346 e. The van der Waals surface area contributed by atoms with Crippen molar-refractivity contribution in [3.8, 4) is 0 Å². The number of rotatable bonds is 8. The summed E-state index contributed by atoms with van der Waals surface area (Å²) >= 11 is 1.13. The highest BCUT2D eigenvalue weighted by molar-refractivity contribution is 7.99. The summed E-state index contributed by atoms with van der Waals surface area (Å²) in [7, 11) is 0. The Kier molecular flexibility index (Phi) is 7.80. The van der Waals surface area contributed by atoms with Crippen molar-refractivity contribution < 1.29 is 9.59 Å².